The van der Waals surface area contributed by atoms with Crippen molar-refractivity contribution < 1.29 is 48.5 Å². The van der Waals surface area contributed by atoms with Crippen LogP contribution in [0.15, 0.2) is 109 Å². The third-order valence-electron chi connectivity index (χ3n) is 11.5. The first-order chi connectivity index (χ1) is 30.8. The number of amides is 2. The first-order valence-corrected chi connectivity index (χ1v) is 21.9. The third-order valence-corrected chi connectivity index (χ3v) is 11.5. The quantitative estimate of drug-likeness (QED) is 0.0966. The molecule has 2 heterocycles. The number of carboxylic acids is 2. The molecule has 2 amide bonds. The first-order valence-electron chi connectivity index (χ1n) is 21.9. The maximum atomic E-state index is 13.3. The van der Waals surface area contributed by atoms with Gasteiger partial charge in [0, 0.05) is 25.9 Å². The molecular formula is C50H60N4O10. The molecule has 0 aromatic heterocycles. The van der Waals surface area contributed by atoms with Crippen molar-refractivity contribution in [3.05, 3.63) is 143 Å². The minimum Gasteiger partial charge on any atom is -0.480 e. The van der Waals surface area contributed by atoms with Crippen LogP contribution in [0.3, 0.4) is 0 Å². The Hall–Kier alpha value is -6.38. The Kier molecular flexibility index (Phi) is 18.2. The van der Waals surface area contributed by atoms with Gasteiger partial charge in [-0.2, -0.15) is 0 Å². The fourth-order valence-electron chi connectivity index (χ4n) is 8.13. The van der Waals surface area contributed by atoms with E-state index in [4.69, 9.17) is 9.47 Å². The minimum atomic E-state index is -1.04. The molecule has 14 heteroatoms. The summed E-state index contributed by atoms with van der Waals surface area (Å²) in [6, 6.07) is 30.0. The summed E-state index contributed by atoms with van der Waals surface area (Å²) in [6.45, 7) is 7.75. The van der Waals surface area contributed by atoms with Crippen LogP contribution in [-0.2, 0) is 77.0 Å². The zero-order valence-corrected chi connectivity index (χ0v) is 37.0. The summed E-state index contributed by atoms with van der Waals surface area (Å²) in [5, 5.41) is 25.6. The van der Waals surface area contributed by atoms with Crippen LogP contribution in [-0.4, -0.2) is 105 Å². The number of nitrogens with zero attached hydrogens (tertiary/aromatic N) is 2. The van der Waals surface area contributed by atoms with Gasteiger partial charge in [0.25, 0.3) is 0 Å². The third kappa shape index (κ3) is 13.3. The second-order valence-corrected chi connectivity index (χ2v) is 16.0. The van der Waals surface area contributed by atoms with Crippen molar-refractivity contribution in [2.24, 2.45) is 0 Å². The average Bonchev–Trinajstić information content (AvgIpc) is 3.31. The number of carboxylic acid groups (broad SMARTS) is 2. The molecule has 0 unspecified atom stereocenters. The highest BCUT2D eigenvalue weighted by Gasteiger charge is 2.39. The van der Waals surface area contributed by atoms with Crippen molar-refractivity contribution in [2.75, 3.05) is 13.2 Å². The molecule has 340 valence electrons. The predicted octanol–water partition coefficient (Wildman–Crippen LogP) is 5.13. The highest BCUT2D eigenvalue weighted by Crippen LogP contribution is 2.26. The molecular weight excluding hydrogens is 817 g/mol. The smallest absolute Gasteiger partial charge is 0.326 e. The van der Waals surface area contributed by atoms with Crippen LogP contribution < -0.4 is 10.6 Å². The Morgan fingerprint density at radius 1 is 0.547 bits per heavy atom. The lowest BCUT2D eigenvalue weighted by Crippen LogP contribution is -2.56. The summed E-state index contributed by atoms with van der Waals surface area (Å²) in [6.07, 6.45) is 2.75. The van der Waals surface area contributed by atoms with E-state index in [-0.39, 0.29) is 51.0 Å². The molecule has 0 spiro atoms. The van der Waals surface area contributed by atoms with E-state index >= 15 is 0 Å². The van der Waals surface area contributed by atoms with Crippen LogP contribution in [0.4, 0.5) is 0 Å². The zero-order chi connectivity index (χ0) is 46.2. The number of hydrogen-bond donors (Lipinski definition) is 4. The van der Waals surface area contributed by atoms with Crippen molar-refractivity contribution in [2.45, 2.75) is 116 Å². The van der Waals surface area contributed by atoms with Crippen molar-refractivity contribution in [3.63, 3.8) is 0 Å². The predicted molar refractivity (Wildman–Crippen MR) is 240 cm³/mol. The molecule has 0 aliphatic carbocycles. The van der Waals surface area contributed by atoms with E-state index in [1.165, 1.54) is 9.80 Å². The molecule has 0 radical (unpaired) electrons. The SMILES string of the molecule is CCOC(=O)[C@H](CCc1ccccc1)N[C@@H](C)C(=O)N1Cc2ccccc2C[C@H]1C(=O)O.CCOC(=O)[C@H](CCc1ccccc1)N[C@@H](C)C(=O)N1Cc2ccccc2C[C@H]1C(=O)O. The van der Waals surface area contributed by atoms with Gasteiger partial charge in [0.05, 0.1) is 25.3 Å². The number of nitrogens with one attached hydrogen (secondary N) is 2. The molecule has 4 aromatic carbocycles. The summed E-state index contributed by atoms with van der Waals surface area (Å²) in [7, 11) is 0. The second-order valence-electron chi connectivity index (χ2n) is 16.0. The van der Waals surface area contributed by atoms with Crippen LogP contribution in [0.2, 0.25) is 0 Å². The standard InChI is InChI=1S/2C25H30N2O5/c2*1-3-32-25(31)21(14-13-18-9-5-4-6-10-18)26-17(2)23(28)27-16-20-12-8-7-11-19(20)15-22(27)24(29)30/h2*4-12,17,21-22,26H,3,13-16H2,1-2H3,(H,29,30)/t2*17-,21-,22-/m00/s1. The molecule has 4 N–H and O–H groups in total. The molecule has 2 aliphatic heterocycles. The number of benzene rings is 4. The number of aryl methyl sites for hydroxylation is 2. The molecule has 0 saturated carbocycles. The summed E-state index contributed by atoms with van der Waals surface area (Å²) in [5.74, 6) is -3.59. The lowest BCUT2D eigenvalue weighted by Gasteiger charge is -2.36. The van der Waals surface area contributed by atoms with E-state index in [1.807, 2.05) is 109 Å². The molecule has 0 saturated heterocycles. The van der Waals surface area contributed by atoms with Gasteiger partial charge in [-0.25, -0.2) is 9.59 Å². The van der Waals surface area contributed by atoms with Crippen LogP contribution >= 0.6 is 0 Å². The van der Waals surface area contributed by atoms with Crippen LogP contribution in [0.25, 0.3) is 0 Å². The second kappa shape index (κ2) is 23.9. The van der Waals surface area contributed by atoms with Gasteiger partial charge >= 0.3 is 23.9 Å². The fraction of sp³-hybridized carbons (Fsp3) is 0.400. The van der Waals surface area contributed by atoms with Gasteiger partial charge < -0.3 is 29.5 Å². The van der Waals surface area contributed by atoms with Crippen molar-refractivity contribution >= 4 is 35.7 Å². The topological polar surface area (TPSA) is 192 Å². The van der Waals surface area contributed by atoms with Crippen LogP contribution in [0, 0.1) is 0 Å². The summed E-state index contributed by atoms with van der Waals surface area (Å²) in [5.41, 5.74) is 5.93. The van der Waals surface area contributed by atoms with E-state index in [0.717, 1.165) is 33.4 Å². The molecule has 64 heavy (non-hydrogen) atoms. The summed E-state index contributed by atoms with van der Waals surface area (Å²) >= 11 is 0. The highest BCUT2D eigenvalue weighted by molar-refractivity contribution is 5.89. The number of fused-ring (bicyclic) bond motifs is 2. The van der Waals surface area contributed by atoms with Crippen molar-refractivity contribution in [1.82, 2.24) is 20.4 Å². The Morgan fingerprint density at radius 3 is 1.20 bits per heavy atom. The average molecular weight is 877 g/mol. The maximum absolute atomic E-state index is 13.3. The highest BCUT2D eigenvalue weighted by atomic mass is 16.5. The van der Waals surface area contributed by atoms with Gasteiger partial charge in [-0.3, -0.25) is 29.8 Å². The number of aliphatic carboxylic acids is 2. The maximum Gasteiger partial charge on any atom is 0.326 e. The minimum absolute atomic E-state index is 0.228. The van der Waals surface area contributed by atoms with E-state index in [2.05, 4.69) is 10.6 Å². The number of carbonyl (C=O) groups excluding carboxylic acids is 4. The Bertz CT molecular complexity index is 2050. The zero-order valence-electron chi connectivity index (χ0n) is 37.0. The van der Waals surface area contributed by atoms with Gasteiger partial charge in [0.15, 0.2) is 0 Å². The van der Waals surface area contributed by atoms with Gasteiger partial charge in [0.1, 0.15) is 24.2 Å². The largest absolute Gasteiger partial charge is 0.480 e. The summed E-state index contributed by atoms with van der Waals surface area (Å²) in [4.78, 5) is 78.1. The van der Waals surface area contributed by atoms with Crippen molar-refractivity contribution in [1.29, 1.82) is 0 Å². The molecule has 14 nitrogen and oxygen atoms in total. The molecule has 2 aliphatic rings. The van der Waals surface area contributed by atoms with Gasteiger partial charge in [0.2, 0.25) is 11.8 Å². The lowest BCUT2D eigenvalue weighted by atomic mass is 9.93. The van der Waals surface area contributed by atoms with Gasteiger partial charge in [-0.05, 0) is 86.8 Å². The number of ether oxygens (including phenoxy) is 2. The Labute approximate surface area is 374 Å². The lowest BCUT2D eigenvalue weighted by molar-refractivity contribution is -0.153. The Morgan fingerprint density at radius 2 is 0.875 bits per heavy atom. The molecule has 4 aromatic rings. The fourth-order valence-corrected chi connectivity index (χ4v) is 8.13. The van der Waals surface area contributed by atoms with E-state index in [0.29, 0.717) is 25.7 Å². The molecule has 0 bridgehead atoms. The van der Waals surface area contributed by atoms with E-state index in [9.17, 15) is 39.0 Å². The molecule has 6 rings (SSSR count). The first kappa shape index (κ1) is 48.6. The normalized spacial score (nSPS) is 17.2. The van der Waals surface area contributed by atoms with Crippen LogP contribution in [0.1, 0.15) is 73.9 Å². The number of hydrogen-bond acceptors (Lipinski definition) is 10. The number of carbonyl (C=O) groups is 6. The summed E-state index contributed by atoms with van der Waals surface area (Å²) < 4.78 is 10.4. The van der Waals surface area contributed by atoms with Crippen molar-refractivity contribution in [3.8, 4) is 0 Å². The Balaban J connectivity index is 0.000000241. The molecule has 0 fully saturated rings. The van der Waals surface area contributed by atoms with E-state index in [1.54, 1.807) is 27.7 Å². The number of rotatable bonds is 18. The van der Waals surface area contributed by atoms with E-state index < -0.39 is 60.1 Å². The molecule has 6 atom stereocenters. The van der Waals surface area contributed by atoms with Crippen LogP contribution in [0.5, 0.6) is 0 Å². The van der Waals surface area contributed by atoms with Gasteiger partial charge in [-0.1, -0.05) is 109 Å². The number of esters is 2. The van der Waals surface area contributed by atoms with Gasteiger partial charge in [-0.15, -0.1) is 0 Å². The monoisotopic (exact) mass is 876 g/mol.